The number of aryl methyl sites for hydroxylation is 2. The van der Waals surface area contributed by atoms with Crippen molar-refractivity contribution in [2.45, 2.75) is 26.8 Å². The average molecular weight is 383 g/mol. The fourth-order valence-corrected chi connectivity index (χ4v) is 4.69. The molecule has 26 heavy (non-hydrogen) atoms. The summed E-state index contributed by atoms with van der Waals surface area (Å²) in [5, 5.41) is 5.29. The Balaban J connectivity index is 1.82. The van der Waals surface area contributed by atoms with Gasteiger partial charge in [0.15, 0.2) is 10.6 Å². The summed E-state index contributed by atoms with van der Waals surface area (Å²) in [6, 6.07) is 11.9. The Kier molecular flexibility index (Phi) is 4.34. The van der Waals surface area contributed by atoms with Gasteiger partial charge in [-0.05, 0) is 36.7 Å². The molecule has 0 bridgehead atoms. The van der Waals surface area contributed by atoms with E-state index in [2.05, 4.69) is 17.0 Å². The molecule has 0 saturated carbocycles. The molecule has 0 aliphatic rings. The van der Waals surface area contributed by atoms with Gasteiger partial charge < -0.3 is 4.98 Å². The van der Waals surface area contributed by atoms with Crippen LogP contribution in [0.3, 0.4) is 0 Å². The number of H-pyrrole nitrogens is 1. The van der Waals surface area contributed by atoms with E-state index < -0.39 is 0 Å². The van der Waals surface area contributed by atoms with Crippen molar-refractivity contribution in [2.24, 2.45) is 0 Å². The van der Waals surface area contributed by atoms with E-state index in [1.807, 2.05) is 54.2 Å². The molecule has 3 heterocycles. The molecule has 4 aromatic rings. The van der Waals surface area contributed by atoms with Crippen molar-refractivity contribution >= 4 is 33.8 Å². The van der Waals surface area contributed by atoms with Gasteiger partial charge in [-0.15, -0.1) is 11.3 Å². The molecule has 0 unspecified atom stereocenters. The smallest absolute Gasteiger partial charge is 0.269 e. The lowest BCUT2D eigenvalue weighted by atomic mass is 10.1. The SMILES string of the molecule is CCc1c(C)sc2[nH]c(=S)n(-c3ccn(Cc4ccccc4)n3)c(=O)c12. The Morgan fingerprint density at radius 2 is 2.00 bits per heavy atom. The number of aromatic amines is 1. The van der Waals surface area contributed by atoms with Crippen molar-refractivity contribution in [1.29, 1.82) is 0 Å². The molecule has 3 aromatic heterocycles. The van der Waals surface area contributed by atoms with Crippen molar-refractivity contribution in [3.8, 4) is 5.82 Å². The van der Waals surface area contributed by atoms with Crippen LogP contribution in [0.25, 0.3) is 16.0 Å². The van der Waals surface area contributed by atoms with E-state index in [1.54, 1.807) is 11.3 Å². The first kappa shape index (κ1) is 16.9. The Bertz CT molecular complexity index is 1200. The fraction of sp³-hybridized carbons (Fsp3) is 0.211. The zero-order valence-corrected chi connectivity index (χ0v) is 16.2. The Hall–Kier alpha value is -2.51. The van der Waals surface area contributed by atoms with Gasteiger partial charge in [0.2, 0.25) is 0 Å². The van der Waals surface area contributed by atoms with Crippen LogP contribution in [0.1, 0.15) is 22.9 Å². The van der Waals surface area contributed by atoms with Gasteiger partial charge in [-0.3, -0.25) is 9.48 Å². The lowest BCUT2D eigenvalue weighted by Crippen LogP contribution is -2.21. The van der Waals surface area contributed by atoms with E-state index >= 15 is 0 Å². The van der Waals surface area contributed by atoms with Crippen LogP contribution in [0, 0.1) is 11.7 Å². The molecule has 132 valence electrons. The third-order valence-corrected chi connectivity index (χ3v) is 5.79. The summed E-state index contributed by atoms with van der Waals surface area (Å²) < 4.78 is 3.68. The lowest BCUT2D eigenvalue weighted by molar-refractivity contribution is 0.674. The number of rotatable bonds is 4. The van der Waals surface area contributed by atoms with Crippen molar-refractivity contribution in [2.75, 3.05) is 0 Å². The van der Waals surface area contributed by atoms with Crippen LogP contribution in [0.15, 0.2) is 47.4 Å². The van der Waals surface area contributed by atoms with E-state index in [-0.39, 0.29) is 5.56 Å². The van der Waals surface area contributed by atoms with Gasteiger partial charge in [-0.2, -0.15) is 5.10 Å². The molecular formula is C19H18N4OS2. The highest BCUT2D eigenvalue weighted by Crippen LogP contribution is 2.27. The summed E-state index contributed by atoms with van der Waals surface area (Å²) in [7, 11) is 0. The molecule has 0 saturated heterocycles. The minimum absolute atomic E-state index is 0.102. The molecule has 0 atom stereocenters. The first-order valence-corrected chi connectivity index (χ1v) is 9.66. The number of benzene rings is 1. The number of aromatic nitrogens is 4. The minimum atomic E-state index is -0.102. The first-order valence-electron chi connectivity index (χ1n) is 8.43. The van der Waals surface area contributed by atoms with Crippen molar-refractivity contribution in [1.82, 2.24) is 19.3 Å². The summed E-state index contributed by atoms with van der Waals surface area (Å²) in [5.41, 5.74) is 2.13. The predicted octanol–water partition coefficient (Wildman–Crippen LogP) is 4.23. The van der Waals surface area contributed by atoms with E-state index in [4.69, 9.17) is 12.2 Å². The number of fused-ring (bicyclic) bond motifs is 1. The molecular weight excluding hydrogens is 364 g/mol. The average Bonchev–Trinajstić information content (AvgIpc) is 3.19. The molecule has 0 spiro atoms. The first-order chi connectivity index (χ1) is 12.6. The molecule has 0 fully saturated rings. The second kappa shape index (κ2) is 6.66. The highest BCUT2D eigenvalue weighted by atomic mass is 32.1. The normalized spacial score (nSPS) is 11.3. The number of nitrogens with one attached hydrogen (secondary N) is 1. The maximum Gasteiger partial charge on any atom is 0.269 e. The molecule has 0 aliphatic carbocycles. The van der Waals surface area contributed by atoms with Gasteiger partial charge >= 0.3 is 0 Å². The van der Waals surface area contributed by atoms with E-state index in [1.165, 1.54) is 4.57 Å². The van der Waals surface area contributed by atoms with Crippen LogP contribution in [0.5, 0.6) is 0 Å². The van der Waals surface area contributed by atoms with E-state index in [9.17, 15) is 4.79 Å². The highest BCUT2D eigenvalue weighted by molar-refractivity contribution is 7.71. The molecule has 7 heteroatoms. The zero-order chi connectivity index (χ0) is 18.3. The molecule has 5 nitrogen and oxygen atoms in total. The molecule has 0 radical (unpaired) electrons. The molecule has 1 N–H and O–H groups in total. The number of thiophene rings is 1. The fourth-order valence-electron chi connectivity index (χ4n) is 3.21. The molecule has 1 aromatic carbocycles. The standard InChI is InChI=1S/C19H18N4OS2/c1-3-14-12(2)26-17-16(14)18(24)23(19(25)20-17)15-9-10-22(21-15)11-13-7-5-4-6-8-13/h4-10H,3,11H2,1-2H3,(H,20,25). The summed E-state index contributed by atoms with van der Waals surface area (Å²) in [5.74, 6) is 0.542. The summed E-state index contributed by atoms with van der Waals surface area (Å²) in [6.45, 7) is 4.75. The van der Waals surface area contributed by atoms with Gasteiger partial charge in [-0.25, -0.2) is 4.57 Å². The Morgan fingerprint density at radius 3 is 2.73 bits per heavy atom. The van der Waals surface area contributed by atoms with Crippen LogP contribution < -0.4 is 5.56 Å². The second-order valence-electron chi connectivity index (χ2n) is 6.12. The minimum Gasteiger partial charge on any atom is -0.323 e. The third-order valence-electron chi connectivity index (χ3n) is 4.45. The van der Waals surface area contributed by atoms with Crippen molar-refractivity contribution in [3.63, 3.8) is 0 Å². The second-order valence-corrected chi connectivity index (χ2v) is 7.73. The van der Waals surface area contributed by atoms with Gasteiger partial charge in [0, 0.05) is 17.1 Å². The van der Waals surface area contributed by atoms with Gasteiger partial charge in [0.05, 0.1) is 11.9 Å². The quantitative estimate of drug-likeness (QED) is 0.538. The summed E-state index contributed by atoms with van der Waals surface area (Å²) in [4.78, 5) is 18.3. The van der Waals surface area contributed by atoms with E-state index in [0.717, 1.165) is 32.6 Å². The molecule has 0 amide bonds. The summed E-state index contributed by atoms with van der Waals surface area (Å²) >= 11 is 7.02. The highest BCUT2D eigenvalue weighted by Gasteiger charge is 2.16. The Morgan fingerprint density at radius 1 is 1.23 bits per heavy atom. The topological polar surface area (TPSA) is 55.6 Å². The maximum atomic E-state index is 13.1. The Labute approximate surface area is 159 Å². The van der Waals surface area contributed by atoms with Crippen molar-refractivity contribution in [3.05, 3.63) is 73.7 Å². The lowest BCUT2D eigenvalue weighted by Gasteiger charge is -2.05. The molecule has 4 rings (SSSR count). The number of hydrogen-bond donors (Lipinski definition) is 1. The van der Waals surface area contributed by atoms with Gasteiger partial charge in [0.25, 0.3) is 5.56 Å². The van der Waals surface area contributed by atoms with Crippen LogP contribution in [-0.4, -0.2) is 19.3 Å². The number of hydrogen-bond acceptors (Lipinski definition) is 4. The van der Waals surface area contributed by atoms with Crippen LogP contribution in [-0.2, 0) is 13.0 Å². The number of nitrogens with zero attached hydrogens (tertiary/aromatic N) is 3. The largest absolute Gasteiger partial charge is 0.323 e. The maximum absolute atomic E-state index is 13.1. The van der Waals surface area contributed by atoms with Crippen molar-refractivity contribution < 1.29 is 0 Å². The van der Waals surface area contributed by atoms with E-state index in [0.29, 0.717) is 17.1 Å². The summed E-state index contributed by atoms with van der Waals surface area (Å²) in [6.07, 6.45) is 2.68. The molecule has 0 aliphatic heterocycles. The van der Waals surface area contributed by atoms with Gasteiger partial charge in [0.1, 0.15) is 4.83 Å². The van der Waals surface area contributed by atoms with Crippen LogP contribution in [0.4, 0.5) is 0 Å². The zero-order valence-electron chi connectivity index (χ0n) is 14.5. The predicted molar refractivity (Wildman–Crippen MR) is 108 cm³/mol. The van der Waals surface area contributed by atoms with Crippen LogP contribution in [0.2, 0.25) is 0 Å². The van der Waals surface area contributed by atoms with Gasteiger partial charge in [-0.1, -0.05) is 37.3 Å². The third kappa shape index (κ3) is 2.83. The monoisotopic (exact) mass is 382 g/mol. The van der Waals surface area contributed by atoms with Crippen LogP contribution >= 0.6 is 23.6 Å².